The molecule has 8 nitrogen and oxygen atoms in total. The summed E-state index contributed by atoms with van der Waals surface area (Å²) < 4.78 is 0. The van der Waals surface area contributed by atoms with Crippen molar-refractivity contribution in [2.45, 2.75) is 50.2 Å². The summed E-state index contributed by atoms with van der Waals surface area (Å²) >= 11 is 6.17. The van der Waals surface area contributed by atoms with Gasteiger partial charge >= 0.3 is 0 Å². The van der Waals surface area contributed by atoms with Crippen molar-refractivity contribution in [3.63, 3.8) is 0 Å². The highest BCUT2D eigenvalue weighted by atomic mass is 35.5. The molecule has 0 bridgehead atoms. The third-order valence-corrected chi connectivity index (χ3v) is 8.72. The lowest BCUT2D eigenvalue weighted by molar-refractivity contribution is -0.133. The lowest BCUT2D eigenvalue weighted by atomic mass is 9.94. The molecule has 3 heterocycles. The van der Waals surface area contributed by atoms with Crippen LogP contribution in [0.3, 0.4) is 0 Å². The number of aromatic nitrogens is 2. The van der Waals surface area contributed by atoms with E-state index in [0.717, 1.165) is 68.2 Å². The monoisotopic (exact) mass is 526 g/mol. The normalized spacial score (nSPS) is 23.9. The van der Waals surface area contributed by atoms with Crippen LogP contribution in [0.15, 0.2) is 30.6 Å². The number of fused-ring (bicyclic) bond motifs is 1. The molecule has 2 fully saturated rings. The summed E-state index contributed by atoms with van der Waals surface area (Å²) in [5.41, 5.74) is 2.86. The maximum atomic E-state index is 13.9. The second-order valence-electron chi connectivity index (χ2n) is 11.1. The number of hydrogen-bond acceptors (Lipinski definition) is 7. The quantitative estimate of drug-likeness (QED) is 0.619. The fourth-order valence-electron chi connectivity index (χ4n) is 6.21. The van der Waals surface area contributed by atoms with Gasteiger partial charge in [0.05, 0.1) is 17.7 Å². The van der Waals surface area contributed by atoms with Crippen LogP contribution in [0.1, 0.15) is 60.9 Å². The third kappa shape index (κ3) is 5.62. The van der Waals surface area contributed by atoms with Gasteiger partial charge in [-0.25, -0.2) is 9.97 Å². The van der Waals surface area contributed by atoms with Crippen molar-refractivity contribution in [2.24, 2.45) is 0 Å². The van der Waals surface area contributed by atoms with E-state index < -0.39 is 6.10 Å². The number of anilines is 1. The first-order chi connectivity index (χ1) is 17.8. The second kappa shape index (κ2) is 11.2. The summed E-state index contributed by atoms with van der Waals surface area (Å²) in [4.78, 5) is 31.9. The first-order valence-corrected chi connectivity index (χ1v) is 13.9. The van der Waals surface area contributed by atoms with E-state index in [9.17, 15) is 9.90 Å². The number of likely N-dealkylation sites (tertiary alicyclic amines) is 1. The van der Waals surface area contributed by atoms with Crippen LogP contribution < -0.4 is 4.90 Å². The standard InChI is InChI=1S/C28H39ClN6O2/c1-19-16-24(36)26-25(19)27(31-18-30-26)34-12-14-35(15-13-34)28(37)23(20-4-6-21(29)7-5-20)17-33-10-8-22(9-11-33)32(2)3/h4-7,18-19,22-24,36H,8-17H2,1-3H3/t19-,23?,24-/m1/s1. The molecular formula is C28H39ClN6O2. The summed E-state index contributed by atoms with van der Waals surface area (Å²) in [6.45, 7) is 7.63. The lowest BCUT2D eigenvalue weighted by Crippen LogP contribution is -2.52. The molecule has 1 aromatic heterocycles. The molecule has 0 radical (unpaired) electrons. The fourth-order valence-corrected chi connectivity index (χ4v) is 6.34. The Balaban J connectivity index is 1.28. The van der Waals surface area contributed by atoms with Gasteiger partial charge in [0.25, 0.3) is 0 Å². The Hall–Kier alpha value is -2.26. The zero-order chi connectivity index (χ0) is 26.1. The number of rotatable bonds is 6. The lowest BCUT2D eigenvalue weighted by Gasteiger charge is -2.40. The van der Waals surface area contributed by atoms with Crippen LogP contribution in [0, 0.1) is 0 Å². The SMILES string of the molecule is C[C@@H]1C[C@@H](O)c2ncnc(N3CCN(C(=O)C(CN4CCC(N(C)C)CC4)c4ccc(Cl)cc4)CC3)c21. The van der Waals surface area contributed by atoms with Crippen LogP contribution in [-0.2, 0) is 4.79 Å². The first-order valence-electron chi connectivity index (χ1n) is 13.5. The zero-order valence-corrected chi connectivity index (χ0v) is 22.9. The van der Waals surface area contributed by atoms with E-state index in [-0.39, 0.29) is 17.7 Å². The number of carbonyl (C=O) groups is 1. The molecule has 9 heteroatoms. The molecule has 200 valence electrons. The second-order valence-corrected chi connectivity index (χ2v) is 11.5. The summed E-state index contributed by atoms with van der Waals surface area (Å²) in [6.07, 6.45) is 3.99. The Morgan fingerprint density at radius 3 is 2.41 bits per heavy atom. The average molecular weight is 527 g/mol. The minimum Gasteiger partial charge on any atom is -0.387 e. The van der Waals surface area contributed by atoms with Crippen molar-refractivity contribution in [2.75, 3.05) is 64.8 Å². The summed E-state index contributed by atoms with van der Waals surface area (Å²) in [7, 11) is 4.30. The molecule has 2 aliphatic heterocycles. The Kier molecular flexibility index (Phi) is 8.00. The van der Waals surface area contributed by atoms with Gasteiger partial charge < -0.3 is 24.7 Å². The van der Waals surface area contributed by atoms with Gasteiger partial charge in [0.2, 0.25) is 5.91 Å². The van der Waals surface area contributed by atoms with Gasteiger partial charge in [0.1, 0.15) is 12.1 Å². The number of amides is 1. The number of benzene rings is 1. The minimum absolute atomic E-state index is 0.188. The maximum Gasteiger partial charge on any atom is 0.231 e. The van der Waals surface area contributed by atoms with Gasteiger partial charge in [-0.3, -0.25) is 4.79 Å². The van der Waals surface area contributed by atoms with Crippen LogP contribution >= 0.6 is 11.6 Å². The molecule has 37 heavy (non-hydrogen) atoms. The van der Waals surface area contributed by atoms with Gasteiger partial charge in [-0.05, 0) is 70.1 Å². The highest BCUT2D eigenvalue weighted by molar-refractivity contribution is 6.30. The van der Waals surface area contributed by atoms with Gasteiger partial charge in [0.15, 0.2) is 0 Å². The van der Waals surface area contributed by atoms with E-state index in [1.54, 1.807) is 6.33 Å². The van der Waals surface area contributed by atoms with E-state index in [0.29, 0.717) is 30.6 Å². The number of aliphatic hydroxyl groups is 1. The molecule has 2 aromatic rings. The maximum absolute atomic E-state index is 13.9. The van der Waals surface area contributed by atoms with E-state index in [2.05, 4.69) is 45.7 Å². The number of carbonyl (C=O) groups excluding carboxylic acids is 1. The van der Waals surface area contributed by atoms with Crippen molar-refractivity contribution in [1.82, 2.24) is 24.7 Å². The Morgan fingerprint density at radius 2 is 1.76 bits per heavy atom. The smallest absolute Gasteiger partial charge is 0.231 e. The summed E-state index contributed by atoms with van der Waals surface area (Å²) in [5, 5.41) is 11.1. The van der Waals surface area contributed by atoms with Crippen molar-refractivity contribution in [3.8, 4) is 0 Å². The fraction of sp³-hybridized carbons (Fsp3) is 0.607. The largest absolute Gasteiger partial charge is 0.387 e. The van der Waals surface area contributed by atoms with Gasteiger partial charge in [-0.1, -0.05) is 30.7 Å². The van der Waals surface area contributed by atoms with Crippen LogP contribution in [0.4, 0.5) is 5.82 Å². The number of hydrogen-bond donors (Lipinski definition) is 1. The van der Waals surface area contributed by atoms with E-state index in [4.69, 9.17) is 11.6 Å². The topological polar surface area (TPSA) is 76.0 Å². The molecule has 1 N–H and O–H groups in total. The molecule has 2 saturated heterocycles. The van der Waals surface area contributed by atoms with Crippen molar-refractivity contribution in [1.29, 1.82) is 0 Å². The van der Waals surface area contributed by atoms with E-state index in [1.165, 1.54) is 0 Å². The van der Waals surface area contributed by atoms with Crippen molar-refractivity contribution < 1.29 is 9.90 Å². The number of piperazine rings is 1. The highest BCUT2D eigenvalue weighted by Gasteiger charge is 2.35. The third-order valence-electron chi connectivity index (χ3n) is 8.47. The average Bonchev–Trinajstić information content (AvgIpc) is 3.21. The summed E-state index contributed by atoms with van der Waals surface area (Å²) in [6, 6.07) is 8.40. The van der Waals surface area contributed by atoms with Crippen molar-refractivity contribution >= 4 is 23.3 Å². The molecule has 1 aromatic carbocycles. The van der Waals surface area contributed by atoms with Gasteiger partial charge in [-0.2, -0.15) is 0 Å². The predicted molar refractivity (Wildman–Crippen MR) is 146 cm³/mol. The number of aliphatic hydroxyl groups excluding tert-OH is 1. The molecule has 3 aliphatic rings. The molecule has 1 unspecified atom stereocenters. The van der Waals surface area contributed by atoms with E-state index in [1.807, 2.05) is 29.2 Å². The summed E-state index contributed by atoms with van der Waals surface area (Å²) in [5.74, 6) is 1.12. The van der Waals surface area contributed by atoms with E-state index >= 15 is 0 Å². The molecule has 1 amide bonds. The number of halogens is 1. The van der Waals surface area contributed by atoms with Gasteiger partial charge in [0, 0.05) is 49.4 Å². The van der Waals surface area contributed by atoms with Gasteiger partial charge in [-0.15, -0.1) is 0 Å². The minimum atomic E-state index is -0.516. The molecule has 3 atom stereocenters. The molecule has 1 aliphatic carbocycles. The highest BCUT2D eigenvalue weighted by Crippen LogP contribution is 2.42. The number of piperidine rings is 1. The Labute approximate surface area is 225 Å². The molecular weight excluding hydrogens is 488 g/mol. The van der Waals surface area contributed by atoms with Crippen LogP contribution in [-0.4, -0.2) is 102 Å². The molecule has 0 spiro atoms. The van der Waals surface area contributed by atoms with Crippen LogP contribution in [0.2, 0.25) is 5.02 Å². The predicted octanol–water partition coefficient (Wildman–Crippen LogP) is 3.13. The first kappa shape index (κ1) is 26.4. The van der Waals surface area contributed by atoms with Crippen molar-refractivity contribution in [3.05, 3.63) is 52.4 Å². The molecule has 5 rings (SSSR count). The Morgan fingerprint density at radius 1 is 1.08 bits per heavy atom. The number of nitrogens with zero attached hydrogens (tertiary/aromatic N) is 6. The Bertz CT molecular complexity index is 1080. The zero-order valence-electron chi connectivity index (χ0n) is 22.2. The van der Waals surface area contributed by atoms with Crippen LogP contribution in [0.5, 0.6) is 0 Å². The van der Waals surface area contributed by atoms with Crippen LogP contribution in [0.25, 0.3) is 0 Å². The molecule has 0 saturated carbocycles.